The lowest BCUT2D eigenvalue weighted by Gasteiger charge is -2.41. The molecule has 4 aromatic carbocycles. The van der Waals surface area contributed by atoms with E-state index in [4.69, 9.17) is 9.47 Å². The zero-order valence-electron chi connectivity index (χ0n) is 26.4. The van der Waals surface area contributed by atoms with Crippen LogP contribution in [0, 0.1) is 5.92 Å². The van der Waals surface area contributed by atoms with Crippen LogP contribution in [0.25, 0.3) is 11.1 Å². The zero-order valence-corrected chi connectivity index (χ0v) is 27.2. The molecule has 1 fully saturated rings. The molecule has 8 nitrogen and oxygen atoms in total. The summed E-state index contributed by atoms with van der Waals surface area (Å²) in [6.07, 6.45) is -0.892. The molecule has 240 valence electrons. The molecule has 1 heterocycles. The number of carbonyl (C=O) groups excluding carboxylic acids is 2. The number of carbonyl (C=O) groups is 2. The van der Waals surface area contributed by atoms with Crippen LogP contribution >= 0.6 is 11.8 Å². The normalized spacial score (nSPS) is 19.3. The van der Waals surface area contributed by atoms with Gasteiger partial charge in [0.1, 0.15) is 0 Å². The van der Waals surface area contributed by atoms with Gasteiger partial charge in [-0.2, -0.15) is 0 Å². The van der Waals surface area contributed by atoms with Crippen LogP contribution in [0.15, 0.2) is 102 Å². The third kappa shape index (κ3) is 8.55. The topological polar surface area (TPSA) is 109 Å². The number of rotatable bonds is 11. The molecule has 1 aliphatic heterocycles. The Morgan fingerprint density at radius 3 is 2.22 bits per heavy atom. The smallest absolute Gasteiger partial charge is 0.315 e. The summed E-state index contributed by atoms with van der Waals surface area (Å²) in [6, 6.07) is 31.8. The third-order valence-corrected chi connectivity index (χ3v) is 9.10. The second kappa shape index (κ2) is 15.9. The van der Waals surface area contributed by atoms with Crippen LogP contribution < -0.4 is 16.0 Å². The van der Waals surface area contributed by atoms with Crippen molar-refractivity contribution in [3.8, 4) is 11.1 Å². The van der Waals surface area contributed by atoms with Crippen molar-refractivity contribution in [3.63, 3.8) is 0 Å². The first-order valence-electron chi connectivity index (χ1n) is 15.6. The Labute approximate surface area is 274 Å². The van der Waals surface area contributed by atoms with Gasteiger partial charge in [-0.1, -0.05) is 79.7 Å². The molecule has 4 aromatic rings. The van der Waals surface area contributed by atoms with Gasteiger partial charge >= 0.3 is 6.03 Å². The Morgan fingerprint density at radius 1 is 0.848 bits per heavy atom. The average molecular weight is 640 g/mol. The first kappa shape index (κ1) is 33.2. The van der Waals surface area contributed by atoms with Crippen molar-refractivity contribution in [2.75, 3.05) is 17.6 Å². The summed E-state index contributed by atoms with van der Waals surface area (Å²) in [5, 5.41) is 18.1. The fourth-order valence-corrected chi connectivity index (χ4v) is 6.57. The number of aliphatic hydroxyl groups is 1. The molecule has 46 heavy (non-hydrogen) atoms. The standard InChI is InChI=1S/C37H41N3O5S/c1-4-38-37(43)39-21-30-7-5-6-8-33(30)27-13-15-29(16-14-27)36-44-34(23-46-32-19-17-31(18-20-32)40-25(3)42)24(2)35(45-36)28-11-9-26(22-41)10-12-28/h5-20,24,34-36,41H,4,21-23H2,1-3H3,(H,40,42)(H2,38,39,43). The van der Waals surface area contributed by atoms with Gasteiger partial charge in [0, 0.05) is 47.8 Å². The number of hydrogen-bond acceptors (Lipinski definition) is 6. The van der Waals surface area contributed by atoms with Gasteiger partial charge in [0.25, 0.3) is 0 Å². The number of anilines is 1. The summed E-state index contributed by atoms with van der Waals surface area (Å²) < 4.78 is 13.3. The van der Waals surface area contributed by atoms with Crippen LogP contribution in [0.1, 0.15) is 55.4 Å². The molecule has 0 bridgehead atoms. The highest BCUT2D eigenvalue weighted by atomic mass is 32.2. The molecular formula is C37H41N3O5S. The van der Waals surface area contributed by atoms with Crippen LogP contribution in [-0.2, 0) is 27.4 Å². The molecule has 0 saturated carbocycles. The van der Waals surface area contributed by atoms with Crippen molar-refractivity contribution in [1.29, 1.82) is 0 Å². The van der Waals surface area contributed by atoms with Crippen LogP contribution in [-0.4, -0.2) is 35.4 Å². The van der Waals surface area contributed by atoms with E-state index in [2.05, 4.69) is 41.1 Å². The second-order valence-corrected chi connectivity index (χ2v) is 12.4. The number of benzene rings is 4. The predicted octanol–water partition coefficient (Wildman–Crippen LogP) is 7.21. The van der Waals surface area contributed by atoms with Crippen LogP contribution in [0.4, 0.5) is 10.5 Å². The van der Waals surface area contributed by atoms with Gasteiger partial charge in [-0.15, -0.1) is 11.8 Å². The van der Waals surface area contributed by atoms with E-state index >= 15 is 0 Å². The van der Waals surface area contributed by atoms with Crippen molar-refractivity contribution in [2.24, 2.45) is 5.92 Å². The lowest BCUT2D eigenvalue weighted by atomic mass is 9.91. The third-order valence-electron chi connectivity index (χ3n) is 8.00. The van der Waals surface area contributed by atoms with E-state index in [-0.39, 0.29) is 36.7 Å². The van der Waals surface area contributed by atoms with Gasteiger partial charge in [-0.25, -0.2) is 4.79 Å². The number of ether oxygens (including phenoxy) is 2. The summed E-state index contributed by atoms with van der Waals surface area (Å²) in [6.45, 7) is 6.52. The monoisotopic (exact) mass is 639 g/mol. The van der Waals surface area contributed by atoms with E-state index in [0.717, 1.165) is 49.7 Å². The minimum atomic E-state index is -0.574. The zero-order chi connectivity index (χ0) is 32.5. The minimum absolute atomic E-state index is 0.00936. The van der Waals surface area contributed by atoms with Crippen molar-refractivity contribution < 1.29 is 24.2 Å². The van der Waals surface area contributed by atoms with Gasteiger partial charge in [-0.3, -0.25) is 4.79 Å². The van der Waals surface area contributed by atoms with Crippen molar-refractivity contribution in [2.45, 2.75) is 57.3 Å². The Morgan fingerprint density at radius 2 is 1.54 bits per heavy atom. The quantitative estimate of drug-likeness (QED) is 0.129. The van der Waals surface area contributed by atoms with Gasteiger partial charge in [0.05, 0.1) is 18.8 Å². The predicted molar refractivity (Wildman–Crippen MR) is 182 cm³/mol. The number of aliphatic hydroxyl groups excluding tert-OH is 1. The van der Waals surface area contributed by atoms with E-state index in [9.17, 15) is 14.7 Å². The number of thioether (sulfide) groups is 1. The maximum Gasteiger partial charge on any atom is 0.315 e. The molecular weight excluding hydrogens is 598 g/mol. The fourth-order valence-electron chi connectivity index (χ4n) is 5.50. The Balaban J connectivity index is 1.35. The molecule has 0 aromatic heterocycles. The highest BCUT2D eigenvalue weighted by Crippen LogP contribution is 2.43. The largest absolute Gasteiger partial charge is 0.392 e. The second-order valence-electron chi connectivity index (χ2n) is 11.3. The minimum Gasteiger partial charge on any atom is -0.392 e. The van der Waals surface area contributed by atoms with Crippen LogP contribution in [0.3, 0.4) is 0 Å². The average Bonchev–Trinajstić information content (AvgIpc) is 3.08. The Kier molecular flexibility index (Phi) is 11.5. The molecule has 4 atom stereocenters. The molecule has 9 heteroatoms. The fraction of sp³-hybridized carbons (Fsp3) is 0.297. The number of hydrogen-bond donors (Lipinski definition) is 4. The van der Waals surface area contributed by atoms with Gasteiger partial charge in [0.2, 0.25) is 5.91 Å². The molecule has 1 saturated heterocycles. The summed E-state index contributed by atoms with van der Waals surface area (Å²) in [4.78, 5) is 24.5. The highest BCUT2D eigenvalue weighted by Gasteiger charge is 2.38. The van der Waals surface area contributed by atoms with Crippen LogP contribution in [0.5, 0.6) is 0 Å². The van der Waals surface area contributed by atoms with Gasteiger partial charge in [0.15, 0.2) is 6.29 Å². The van der Waals surface area contributed by atoms with Crippen molar-refractivity contribution in [1.82, 2.24) is 10.6 Å². The Hall–Kier alpha value is -4.15. The van der Waals surface area contributed by atoms with E-state index in [1.54, 1.807) is 11.8 Å². The SMILES string of the molecule is CCNC(=O)NCc1ccccc1-c1ccc(C2OC(CSc3ccc(NC(C)=O)cc3)C(C)C(c3ccc(CO)cc3)O2)cc1. The van der Waals surface area contributed by atoms with Gasteiger partial charge < -0.3 is 30.5 Å². The van der Waals surface area contributed by atoms with Crippen molar-refractivity contribution >= 4 is 29.4 Å². The van der Waals surface area contributed by atoms with E-state index < -0.39 is 6.29 Å². The van der Waals surface area contributed by atoms with E-state index in [1.165, 1.54) is 6.92 Å². The molecule has 0 radical (unpaired) electrons. The molecule has 3 amide bonds. The molecule has 0 aliphatic carbocycles. The summed E-state index contributed by atoms with van der Waals surface area (Å²) in [5.41, 5.74) is 6.68. The summed E-state index contributed by atoms with van der Waals surface area (Å²) >= 11 is 1.71. The van der Waals surface area contributed by atoms with E-state index in [1.807, 2.05) is 85.8 Å². The molecule has 4 N–H and O–H groups in total. The van der Waals surface area contributed by atoms with E-state index in [0.29, 0.717) is 13.1 Å². The van der Waals surface area contributed by atoms with Crippen molar-refractivity contribution in [3.05, 3.63) is 119 Å². The number of amides is 3. The summed E-state index contributed by atoms with van der Waals surface area (Å²) in [5.74, 6) is 0.682. The molecule has 4 unspecified atom stereocenters. The molecule has 5 rings (SSSR count). The lowest BCUT2D eigenvalue weighted by molar-refractivity contribution is -0.268. The maximum absolute atomic E-state index is 12.0. The Bertz CT molecular complexity index is 1600. The maximum atomic E-state index is 12.0. The first-order valence-corrected chi connectivity index (χ1v) is 16.5. The van der Waals surface area contributed by atoms with Crippen LogP contribution in [0.2, 0.25) is 0 Å². The highest BCUT2D eigenvalue weighted by molar-refractivity contribution is 7.99. The molecule has 0 spiro atoms. The number of urea groups is 1. The number of nitrogens with one attached hydrogen (secondary N) is 3. The molecule has 1 aliphatic rings. The summed E-state index contributed by atoms with van der Waals surface area (Å²) in [7, 11) is 0. The van der Waals surface area contributed by atoms with Gasteiger partial charge in [-0.05, 0) is 59.0 Å². The lowest BCUT2D eigenvalue weighted by Crippen LogP contribution is -2.38. The first-order chi connectivity index (χ1) is 22.3.